The third-order valence-electron chi connectivity index (χ3n) is 2.83. The molecule has 1 N–H and O–H groups in total. The molecular formula is C14H9FO2S2. The lowest BCUT2D eigenvalue weighted by molar-refractivity contribution is 0.0993. The summed E-state index contributed by atoms with van der Waals surface area (Å²) >= 11 is 2.59. The van der Waals surface area contributed by atoms with Gasteiger partial charge in [0.15, 0.2) is 10.8 Å². The van der Waals surface area contributed by atoms with Crippen molar-refractivity contribution >= 4 is 38.5 Å². The minimum absolute atomic E-state index is 0.0397. The predicted octanol–water partition coefficient (Wildman–Crippen LogP) is 4.23. The number of halogens is 1. The Morgan fingerprint density at radius 3 is 2.89 bits per heavy atom. The number of benzene rings is 1. The molecule has 0 saturated carbocycles. The molecule has 0 amide bonds. The van der Waals surface area contributed by atoms with Crippen molar-refractivity contribution in [1.82, 2.24) is 0 Å². The summed E-state index contributed by atoms with van der Waals surface area (Å²) in [4.78, 5) is 13.2. The Hall–Kier alpha value is -1.72. The summed E-state index contributed by atoms with van der Waals surface area (Å²) in [5.74, 6) is -0.590. The number of ketones is 1. The normalized spacial score (nSPS) is 11.0. The van der Waals surface area contributed by atoms with E-state index in [2.05, 4.69) is 0 Å². The van der Waals surface area contributed by atoms with Gasteiger partial charge in [-0.2, -0.15) is 0 Å². The fourth-order valence-corrected chi connectivity index (χ4v) is 3.63. The molecule has 0 bridgehead atoms. The molecule has 96 valence electrons. The van der Waals surface area contributed by atoms with Gasteiger partial charge in [0, 0.05) is 21.4 Å². The van der Waals surface area contributed by atoms with Gasteiger partial charge in [-0.15, -0.1) is 11.3 Å². The maximum Gasteiger partial charge on any atom is 0.183 e. The van der Waals surface area contributed by atoms with Gasteiger partial charge in [0.2, 0.25) is 0 Å². The lowest BCUT2D eigenvalue weighted by Gasteiger charge is -1.99. The zero-order valence-corrected chi connectivity index (χ0v) is 11.4. The van der Waals surface area contributed by atoms with Crippen LogP contribution in [0.5, 0.6) is 5.06 Å². The van der Waals surface area contributed by atoms with Crippen molar-refractivity contribution in [1.29, 1.82) is 0 Å². The van der Waals surface area contributed by atoms with E-state index in [0.717, 1.165) is 16.2 Å². The van der Waals surface area contributed by atoms with E-state index in [9.17, 15) is 14.3 Å². The number of thiophene rings is 2. The Morgan fingerprint density at radius 1 is 1.32 bits per heavy atom. The Kier molecular flexibility index (Phi) is 3.08. The Labute approximate surface area is 116 Å². The maximum absolute atomic E-state index is 13.3. The summed E-state index contributed by atoms with van der Waals surface area (Å²) in [6.07, 6.45) is 0.230. The number of rotatable bonds is 3. The summed E-state index contributed by atoms with van der Waals surface area (Å²) < 4.78 is 14.0. The second-order valence-corrected chi connectivity index (χ2v) is 6.16. The molecule has 0 atom stereocenters. The van der Waals surface area contributed by atoms with Crippen LogP contribution in [0, 0.1) is 5.82 Å². The van der Waals surface area contributed by atoms with Crippen molar-refractivity contribution in [3.63, 3.8) is 0 Å². The fraction of sp³-hybridized carbons (Fsp3) is 0.0714. The molecule has 5 heteroatoms. The van der Waals surface area contributed by atoms with Gasteiger partial charge in [0.25, 0.3) is 0 Å². The highest BCUT2D eigenvalue weighted by atomic mass is 32.1. The van der Waals surface area contributed by atoms with Crippen LogP contribution in [0.15, 0.2) is 35.7 Å². The molecule has 0 saturated heterocycles. The molecular weight excluding hydrogens is 283 g/mol. The number of hydrogen-bond donors (Lipinski definition) is 1. The first-order chi connectivity index (χ1) is 9.15. The summed E-state index contributed by atoms with van der Waals surface area (Å²) in [5.41, 5.74) is 0.230. The SMILES string of the molecule is O=C(Cc1cccs1)c1c(O)sc2ccc(F)cc12. The van der Waals surface area contributed by atoms with Crippen LogP contribution in [0.4, 0.5) is 4.39 Å². The van der Waals surface area contributed by atoms with E-state index in [1.165, 1.54) is 23.5 Å². The molecule has 0 fully saturated rings. The van der Waals surface area contributed by atoms with E-state index in [1.54, 1.807) is 6.07 Å². The van der Waals surface area contributed by atoms with E-state index >= 15 is 0 Å². The van der Waals surface area contributed by atoms with Crippen molar-refractivity contribution < 1.29 is 14.3 Å². The van der Waals surface area contributed by atoms with Gasteiger partial charge in [-0.3, -0.25) is 4.79 Å². The highest BCUT2D eigenvalue weighted by Gasteiger charge is 2.19. The summed E-state index contributed by atoms with van der Waals surface area (Å²) in [7, 11) is 0. The number of aromatic hydroxyl groups is 1. The van der Waals surface area contributed by atoms with Crippen molar-refractivity contribution in [2.45, 2.75) is 6.42 Å². The molecule has 0 spiro atoms. The second kappa shape index (κ2) is 4.75. The predicted molar refractivity (Wildman–Crippen MR) is 75.8 cm³/mol. The number of Topliss-reactive ketones (excluding diaryl/α,β-unsaturated/α-hetero) is 1. The molecule has 0 unspecified atom stereocenters. The van der Waals surface area contributed by atoms with Gasteiger partial charge in [-0.25, -0.2) is 4.39 Å². The summed E-state index contributed by atoms with van der Waals surface area (Å²) in [6.45, 7) is 0. The third-order valence-corrected chi connectivity index (χ3v) is 4.67. The molecule has 2 heterocycles. The average Bonchev–Trinajstić information content (AvgIpc) is 2.95. The van der Waals surface area contributed by atoms with Crippen molar-refractivity contribution in [2.24, 2.45) is 0 Å². The third kappa shape index (κ3) is 2.27. The minimum Gasteiger partial charge on any atom is -0.499 e. The Morgan fingerprint density at radius 2 is 2.16 bits per heavy atom. The molecule has 0 aliphatic carbocycles. The van der Waals surface area contributed by atoms with E-state index in [1.807, 2.05) is 17.5 Å². The molecule has 19 heavy (non-hydrogen) atoms. The highest BCUT2D eigenvalue weighted by Crippen LogP contribution is 2.37. The van der Waals surface area contributed by atoms with Crippen molar-refractivity contribution in [3.05, 3.63) is 52.0 Å². The first-order valence-corrected chi connectivity index (χ1v) is 7.31. The molecule has 1 aromatic carbocycles. The molecule has 2 nitrogen and oxygen atoms in total. The molecule has 0 aliphatic heterocycles. The topological polar surface area (TPSA) is 37.3 Å². The van der Waals surface area contributed by atoms with Crippen LogP contribution < -0.4 is 0 Å². The van der Waals surface area contributed by atoms with Crippen molar-refractivity contribution in [2.75, 3.05) is 0 Å². The van der Waals surface area contributed by atoms with Gasteiger partial charge >= 0.3 is 0 Å². The number of hydrogen-bond acceptors (Lipinski definition) is 4. The zero-order valence-electron chi connectivity index (χ0n) is 9.72. The van der Waals surface area contributed by atoms with E-state index in [-0.39, 0.29) is 22.8 Å². The number of fused-ring (bicyclic) bond motifs is 1. The quantitative estimate of drug-likeness (QED) is 0.733. The molecule has 0 aliphatic rings. The largest absolute Gasteiger partial charge is 0.499 e. The van der Waals surface area contributed by atoms with Gasteiger partial charge in [-0.1, -0.05) is 17.4 Å². The standard InChI is InChI=1S/C14H9FO2S2/c15-8-3-4-12-10(6-8)13(14(17)19-12)11(16)7-9-2-1-5-18-9/h1-6,17H,7H2. The summed E-state index contributed by atoms with van der Waals surface area (Å²) in [6, 6.07) is 7.95. The van der Waals surface area contributed by atoms with E-state index < -0.39 is 5.82 Å². The zero-order chi connectivity index (χ0) is 13.4. The van der Waals surface area contributed by atoms with Crippen LogP contribution in [0.1, 0.15) is 15.2 Å². The number of carbonyl (C=O) groups is 1. The van der Waals surface area contributed by atoms with Crippen LogP contribution in [0.3, 0.4) is 0 Å². The Bertz CT molecular complexity index is 744. The minimum atomic E-state index is -0.407. The maximum atomic E-state index is 13.3. The molecule has 2 aromatic heterocycles. The van der Waals surface area contributed by atoms with E-state index in [0.29, 0.717) is 10.1 Å². The lowest BCUT2D eigenvalue weighted by atomic mass is 10.1. The van der Waals surface area contributed by atoms with Crippen LogP contribution in [0.25, 0.3) is 10.1 Å². The van der Waals surface area contributed by atoms with Crippen LogP contribution in [0.2, 0.25) is 0 Å². The molecule has 3 aromatic rings. The van der Waals surface area contributed by atoms with E-state index in [4.69, 9.17) is 0 Å². The molecule has 0 radical (unpaired) electrons. The van der Waals surface area contributed by atoms with Crippen molar-refractivity contribution in [3.8, 4) is 5.06 Å². The van der Waals surface area contributed by atoms with Crippen LogP contribution in [-0.4, -0.2) is 10.9 Å². The van der Waals surface area contributed by atoms with Gasteiger partial charge in [-0.05, 0) is 29.6 Å². The lowest BCUT2D eigenvalue weighted by Crippen LogP contribution is -2.01. The van der Waals surface area contributed by atoms with Gasteiger partial charge < -0.3 is 5.11 Å². The van der Waals surface area contributed by atoms with Crippen LogP contribution in [-0.2, 0) is 6.42 Å². The van der Waals surface area contributed by atoms with Crippen LogP contribution >= 0.6 is 22.7 Å². The average molecular weight is 292 g/mol. The number of carbonyl (C=O) groups excluding carboxylic acids is 1. The second-order valence-electron chi connectivity index (χ2n) is 4.10. The smallest absolute Gasteiger partial charge is 0.183 e. The fourth-order valence-electron chi connectivity index (χ4n) is 1.99. The first kappa shape index (κ1) is 12.3. The van der Waals surface area contributed by atoms with Gasteiger partial charge in [0.1, 0.15) is 5.82 Å². The Balaban J connectivity index is 2.06. The van der Waals surface area contributed by atoms with Gasteiger partial charge in [0.05, 0.1) is 5.56 Å². The highest BCUT2D eigenvalue weighted by molar-refractivity contribution is 7.21. The summed E-state index contributed by atoms with van der Waals surface area (Å²) in [5, 5.41) is 12.2. The molecule has 3 rings (SSSR count). The first-order valence-electron chi connectivity index (χ1n) is 5.62. The monoisotopic (exact) mass is 292 g/mol.